The summed E-state index contributed by atoms with van der Waals surface area (Å²) in [7, 11) is 0. The van der Waals surface area contributed by atoms with Crippen LogP contribution in [0.2, 0.25) is 0 Å². The number of rotatable bonds is 7. The number of hydrogen-bond donors (Lipinski definition) is 1. The van der Waals surface area contributed by atoms with Crippen molar-refractivity contribution >= 4 is 22.2 Å². The fourth-order valence-corrected chi connectivity index (χ4v) is 3.52. The molecule has 31 heavy (non-hydrogen) atoms. The maximum Gasteiger partial charge on any atom is 0.130 e. The van der Waals surface area contributed by atoms with Crippen molar-refractivity contribution < 1.29 is 0 Å². The zero-order valence-electron chi connectivity index (χ0n) is 17.6. The van der Waals surface area contributed by atoms with Gasteiger partial charge in [0.05, 0.1) is 5.69 Å². The Kier molecular flexibility index (Phi) is 6.34. The Hall–Kier alpha value is -3.98. The summed E-state index contributed by atoms with van der Waals surface area (Å²) in [5, 5.41) is 5.84. The van der Waals surface area contributed by atoms with Crippen LogP contribution in [0.15, 0.2) is 110 Å². The van der Waals surface area contributed by atoms with Gasteiger partial charge in [0, 0.05) is 18.2 Å². The van der Waals surface area contributed by atoms with Crippen molar-refractivity contribution in [1.82, 2.24) is 9.97 Å². The molecular weight excluding hydrogens is 378 g/mol. The van der Waals surface area contributed by atoms with Gasteiger partial charge in [-0.1, -0.05) is 91.5 Å². The van der Waals surface area contributed by atoms with Crippen LogP contribution in [0.25, 0.3) is 27.6 Å². The number of anilines is 1. The second-order valence-corrected chi connectivity index (χ2v) is 7.26. The molecule has 0 aliphatic rings. The van der Waals surface area contributed by atoms with Crippen molar-refractivity contribution in [3.8, 4) is 11.3 Å². The van der Waals surface area contributed by atoms with Crippen LogP contribution in [-0.2, 0) is 6.54 Å². The molecule has 0 saturated heterocycles. The molecule has 152 valence electrons. The number of fused-ring (bicyclic) bond motifs is 1. The molecular formula is C28H25N3. The molecule has 4 rings (SSSR count). The van der Waals surface area contributed by atoms with Gasteiger partial charge in [0.25, 0.3) is 0 Å². The van der Waals surface area contributed by atoms with Gasteiger partial charge < -0.3 is 5.32 Å². The van der Waals surface area contributed by atoms with Crippen LogP contribution in [-0.4, -0.2) is 9.97 Å². The van der Waals surface area contributed by atoms with Crippen molar-refractivity contribution in [1.29, 1.82) is 0 Å². The third-order valence-corrected chi connectivity index (χ3v) is 5.12. The highest BCUT2D eigenvalue weighted by atomic mass is 15.0. The van der Waals surface area contributed by atoms with Gasteiger partial charge in [0.2, 0.25) is 0 Å². The van der Waals surface area contributed by atoms with Gasteiger partial charge in [-0.05, 0) is 40.5 Å². The number of aromatic nitrogens is 2. The van der Waals surface area contributed by atoms with E-state index in [1.54, 1.807) is 6.33 Å². The molecule has 0 radical (unpaired) electrons. The number of hydrogen-bond acceptors (Lipinski definition) is 3. The van der Waals surface area contributed by atoms with E-state index in [0.717, 1.165) is 22.6 Å². The van der Waals surface area contributed by atoms with Crippen LogP contribution in [0.3, 0.4) is 0 Å². The molecule has 1 N–H and O–H groups in total. The minimum Gasteiger partial charge on any atom is -0.366 e. The summed E-state index contributed by atoms with van der Waals surface area (Å²) in [5.41, 5.74) is 5.49. The molecule has 0 bridgehead atoms. The quantitative estimate of drug-likeness (QED) is 0.336. The van der Waals surface area contributed by atoms with E-state index in [0.29, 0.717) is 6.54 Å². The zero-order valence-corrected chi connectivity index (χ0v) is 17.6. The van der Waals surface area contributed by atoms with Crippen molar-refractivity contribution in [2.75, 3.05) is 5.32 Å². The van der Waals surface area contributed by atoms with E-state index in [4.69, 9.17) is 0 Å². The summed E-state index contributed by atoms with van der Waals surface area (Å²) in [6.45, 7) is 6.51. The first-order valence-electron chi connectivity index (χ1n) is 10.4. The third kappa shape index (κ3) is 4.96. The summed E-state index contributed by atoms with van der Waals surface area (Å²) < 4.78 is 0. The topological polar surface area (TPSA) is 37.8 Å². The molecule has 0 unspecified atom stereocenters. The van der Waals surface area contributed by atoms with Gasteiger partial charge in [-0.15, -0.1) is 0 Å². The smallest absolute Gasteiger partial charge is 0.130 e. The lowest BCUT2D eigenvalue weighted by atomic mass is 10.0. The molecule has 0 amide bonds. The van der Waals surface area contributed by atoms with E-state index < -0.39 is 0 Å². The Morgan fingerprint density at radius 1 is 0.935 bits per heavy atom. The molecule has 3 nitrogen and oxygen atoms in total. The van der Waals surface area contributed by atoms with Gasteiger partial charge >= 0.3 is 0 Å². The van der Waals surface area contributed by atoms with E-state index in [1.807, 2.05) is 31.2 Å². The molecule has 0 fully saturated rings. The first kappa shape index (κ1) is 20.3. The third-order valence-electron chi connectivity index (χ3n) is 5.12. The van der Waals surface area contributed by atoms with Crippen LogP contribution < -0.4 is 5.32 Å². The second-order valence-electron chi connectivity index (χ2n) is 7.26. The lowest BCUT2D eigenvalue weighted by Gasteiger charge is -2.09. The minimum atomic E-state index is 0.693. The summed E-state index contributed by atoms with van der Waals surface area (Å²) in [4.78, 5) is 8.85. The summed E-state index contributed by atoms with van der Waals surface area (Å²) in [6, 6.07) is 25.3. The van der Waals surface area contributed by atoms with Gasteiger partial charge in [0.15, 0.2) is 0 Å². The highest BCUT2D eigenvalue weighted by molar-refractivity contribution is 5.87. The van der Waals surface area contributed by atoms with E-state index in [-0.39, 0.29) is 0 Å². The Morgan fingerprint density at radius 3 is 2.52 bits per heavy atom. The Morgan fingerprint density at radius 2 is 1.74 bits per heavy atom. The summed E-state index contributed by atoms with van der Waals surface area (Å²) >= 11 is 0. The predicted molar refractivity (Wildman–Crippen MR) is 132 cm³/mol. The highest BCUT2D eigenvalue weighted by Gasteiger charge is 2.04. The van der Waals surface area contributed by atoms with Crippen LogP contribution in [0.1, 0.15) is 18.1 Å². The molecule has 0 atom stereocenters. The SMILES string of the molecule is C=C/C=C(\C=C/C)c1ccc(CNc2cc(-c3ccc4ccccc4c3)ncn2)cc1. The van der Waals surface area contributed by atoms with E-state index >= 15 is 0 Å². The first-order chi connectivity index (χ1) is 15.3. The summed E-state index contributed by atoms with van der Waals surface area (Å²) in [5.74, 6) is 0.809. The van der Waals surface area contributed by atoms with Crippen molar-refractivity contribution in [2.24, 2.45) is 0 Å². The van der Waals surface area contributed by atoms with Crippen LogP contribution in [0.5, 0.6) is 0 Å². The Labute approximate surface area is 183 Å². The van der Waals surface area contributed by atoms with E-state index in [2.05, 4.69) is 94.7 Å². The Balaban J connectivity index is 1.48. The molecule has 3 heteroatoms. The van der Waals surface area contributed by atoms with Crippen molar-refractivity contribution in [3.05, 3.63) is 121 Å². The average molecular weight is 404 g/mol. The molecule has 4 aromatic rings. The number of benzene rings is 3. The lowest BCUT2D eigenvalue weighted by molar-refractivity contribution is 1.08. The van der Waals surface area contributed by atoms with Crippen molar-refractivity contribution in [2.45, 2.75) is 13.5 Å². The molecule has 0 aliphatic carbocycles. The maximum atomic E-state index is 4.47. The summed E-state index contributed by atoms with van der Waals surface area (Å²) in [6.07, 6.45) is 9.56. The van der Waals surface area contributed by atoms with Gasteiger partial charge in [-0.3, -0.25) is 0 Å². The molecule has 0 saturated carbocycles. The van der Waals surface area contributed by atoms with Crippen LogP contribution in [0, 0.1) is 0 Å². The van der Waals surface area contributed by atoms with Gasteiger partial charge in [-0.2, -0.15) is 0 Å². The average Bonchev–Trinajstić information content (AvgIpc) is 2.83. The minimum absolute atomic E-state index is 0.693. The molecule has 0 aliphatic heterocycles. The number of nitrogens with one attached hydrogen (secondary N) is 1. The maximum absolute atomic E-state index is 4.47. The van der Waals surface area contributed by atoms with Gasteiger partial charge in [0.1, 0.15) is 12.1 Å². The molecule has 3 aromatic carbocycles. The molecule has 1 heterocycles. The highest BCUT2D eigenvalue weighted by Crippen LogP contribution is 2.24. The lowest BCUT2D eigenvalue weighted by Crippen LogP contribution is -2.02. The van der Waals surface area contributed by atoms with E-state index in [9.17, 15) is 0 Å². The first-order valence-corrected chi connectivity index (χ1v) is 10.4. The van der Waals surface area contributed by atoms with E-state index in [1.165, 1.54) is 21.9 Å². The van der Waals surface area contributed by atoms with Crippen LogP contribution >= 0.6 is 0 Å². The number of nitrogens with zero attached hydrogens (tertiary/aromatic N) is 2. The largest absolute Gasteiger partial charge is 0.366 e. The monoisotopic (exact) mass is 403 g/mol. The molecule has 1 aromatic heterocycles. The molecule has 0 spiro atoms. The van der Waals surface area contributed by atoms with Gasteiger partial charge in [-0.25, -0.2) is 9.97 Å². The fourth-order valence-electron chi connectivity index (χ4n) is 3.52. The predicted octanol–water partition coefficient (Wildman–Crippen LogP) is 7.05. The second kappa shape index (κ2) is 9.68. The zero-order chi connectivity index (χ0) is 21.5. The standard InChI is InChI=1S/C28H25N3/c1-3-7-22(8-4-2)24-13-11-21(12-14-24)19-29-28-18-27(30-20-31-28)26-16-15-23-9-5-6-10-25(23)17-26/h3-18,20H,1,19H2,2H3,(H,29,30,31)/b8-4-,22-7+. The fraction of sp³-hybridized carbons (Fsp3) is 0.0714. The Bertz CT molecular complexity index is 1250. The number of allylic oxidation sites excluding steroid dienone is 5. The van der Waals surface area contributed by atoms with Crippen LogP contribution in [0.4, 0.5) is 5.82 Å². The normalized spacial score (nSPS) is 11.7. The van der Waals surface area contributed by atoms with Crippen molar-refractivity contribution in [3.63, 3.8) is 0 Å².